The van der Waals surface area contributed by atoms with E-state index in [2.05, 4.69) is 46.8 Å². The maximum Gasteiger partial charge on any atom is 0.226 e. The Morgan fingerprint density at radius 2 is 1.75 bits per heavy atom. The number of amides is 1. The van der Waals surface area contributed by atoms with Crippen LogP contribution in [0.3, 0.4) is 0 Å². The Bertz CT molecular complexity index is 683. The molecule has 0 radical (unpaired) electrons. The standard InChI is InChI=1S/C19H25N3O2/c1-15-7-8-16(2)22(15)10-9-19(23)20-17-5-3-4-6-18(17)21-11-13-24-14-12-21/h3-8H,9-14H2,1-2H3,(H,20,23). The van der Waals surface area contributed by atoms with Gasteiger partial charge in [-0.25, -0.2) is 0 Å². The van der Waals surface area contributed by atoms with E-state index in [1.165, 1.54) is 11.4 Å². The van der Waals surface area contributed by atoms with E-state index in [1.807, 2.05) is 18.2 Å². The third-order valence-electron chi connectivity index (χ3n) is 4.51. The van der Waals surface area contributed by atoms with Crippen LogP contribution in [0.5, 0.6) is 0 Å². The van der Waals surface area contributed by atoms with E-state index in [0.717, 1.165) is 37.7 Å². The van der Waals surface area contributed by atoms with Crippen LogP contribution in [0.2, 0.25) is 0 Å². The van der Waals surface area contributed by atoms with E-state index < -0.39 is 0 Å². The molecule has 1 fully saturated rings. The SMILES string of the molecule is Cc1ccc(C)n1CCC(=O)Nc1ccccc1N1CCOCC1. The average Bonchev–Trinajstić information content (AvgIpc) is 2.92. The second-order valence-electron chi connectivity index (χ2n) is 6.18. The molecule has 5 heteroatoms. The van der Waals surface area contributed by atoms with Gasteiger partial charge in [-0.15, -0.1) is 0 Å². The summed E-state index contributed by atoms with van der Waals surface area (Å²) < 4.78 is 7.59. The predicted molar refractivity (Wildman–Crippen MR) is 96.6 cm³/mol. The van der Waals surface area contributed by atoms with E-state index in [0.29, 0.717) is 13.0 Å². The molecule has 0 saturated carbocycles. The quantitative estimate of drug-likeness (QED) is 0.918. The molecule has 24 heavy (non-hydrogen) atoms. The molecule has 3 rings (SSSR count). The fourth-order valence-electron chi connectivity index (χ4n) is 3.14. The Kier molecular flexibility index (Phi) is 5.20. The van der Waals surface area contributed by atoms with Crippen molar-refractivity contribution in [3.63, 3.8) is 0 Å². The molecular formula is C19H25N3O2. The molecule has 1 aliphatic rings. The zero-order valence-corrected chi connectivity index (χ0v) is 14.4. The summed E-state index contributed by atoms with van der Waals surface area (Å²) in [6.07, 6.45) is 0.466. The van der Waals surface area contributed by atoms with Crippen molar-refractivity contribution in [2.45, 2.75) is 26.8 Å². The molecule has 0 aliphatic carbocycles. The van der Waals surface area contributed by atoms with E-state index in [1.54, 1.807) is 0 Å². The molecule has 1 N–H and O–H groups in total. The van der Waals surface area contributed by atoms with Crippen LogP contribution >= 0.6 is 0 Å². The van der Waals surface area contributed by atoms with Gasteiger partial charge in [0, 0.05) is 37.4 Å². The maximum absolute atomic E-state index is 12.4. The lowest BCUT2D eigenvalue weighted by molar-refractivity contribution is -0.116. The van der Waals surface area contributed by atoms with Crippen molar-refractivity contribution in [2.75, 3.05) is 36.5 Å². The number of aryl methyl sites for hydroxylation is 2. The van der Waals surface area contributed by atoms with Gasteiger partial charge < -0.3 is 19.5 Å². The van der Waals surface area contributed by atoms with E-state index >= 15 is 0 Å². The first-order valence-electron chi connectivity index (χ1n) is 8.49. The van der Waals surface area contributed by atoms with E-state index in [9.17, 15) is 4.79 Å². The van der Waals surface area contributed by atoms with Crippen LogP contribution in [0.25, 0.3) is 0 Å². The van der Waals surface area contributed by atoms with Crippen molar-refractivity contribution in [3.8, 4) is 0 Å². The predicted octanol–water partition coefficient (Wildman–Crippen LogP) is 2.97. The zero-order chi connectivity index (χ0) is 16.9. The molecule has 5 nitrogen and oxygen atoms in total. The Morgan fingerprint density at radius 3 is 2.46 bits per heavy atom. The summed E-state index contributed by atoms with van der Waals surface area (Å²) in [6, 6.07) is 12.2. The number of rotatable bonds is 5. The summed E-state index contributed by atoms with van der Waals surface area (Å²) in [5, 5.41) is 3.07. The fourth-order valence-corrected chi connectivity index (χ4v) is 3.14. The van der Waals surface area contributed by atoms with Crippen molar-refractivity contribution in [3.05, 3.63) is 47.8 Å². The van der Waals surface area contributed by atoms with Crippen molar-refractivity contribution in [1.82, 2.24) is 4.57 Å². The van der Waals surface area contributed by atoms with Crippen molar-refractivity contribution >= 4 is 17.3 Å². The van der Waals surface area contributed by atoms with Crippen LogP contribution in [0.4, 0.5) is 11.4 Å². The molecule has 1 aromatic carbocycles. The molecule has 0 bridgehead atoms. The third-order valence-corrected chi connectivity index (χ3v) is 4.51. The summed E-state index contributed by atoms with van der Waals surface area (Å²) in [5.41, 5.74) is 4.33. The first kappa shape index (κ1) is 16.6. The average molecular weight is 327 g/mol. The summed E-state index contributed by atoms with van der Waals surface area (Å²) in [4.78, 5) is 14.7. The molecular weight excluding hydrogens is 302 g/mol. The van der Waals surface area contributed by atoms with Gasteiger partial charge >= 0.3 is 0 Å². The molecule has 0 atom stereocenters. The Balaban J connectivity index is 1.64. The minimum Gasteiger partial charge on any atom is -0.378 e. The minimum absolute atomic E-state index is 0.0446. The molecule has 2 aromatic rings. The van der Waals surface area contributed by atoms with Gasteiger partial charge in [0.25, 0.3) is 0 Å². The second kappa shape index (κ2) is 7.53. The van der Waals surface area contributed by atoms with Crippen LogP contribution < -0.4 is 10.2 Å². The molecule has 0 spiro atoms. The van der Waals surface area contributed by atoms with Crippen LogP contribution in [0.1, 0.15) is 17.8 Å². The lowest BCUT2D eigenvalue weighted by Crippen LogP contribution is -2.36. The number of hydrogen-bond acceptors (Lipinski definition) is 3. The van der Waals surface area contributed by atoms with Crippen LogP contribution in [0.15, 0.2) is 36.4 Å². The van der Waals surface area contributed by atoms with Gasteiger partial charge in [0.15, 0.2) is 0 Å². The highest BCUT2D eigenvalue weighted by Gasteiger charge is 2.15. The van der Waals surface area contributed by atoms with Crippen LogP contribution in [0, 0.1) is 13.8 Å². The highest BCUT2D eigenvalue weighted by atomic mass is 16.5. The number of benzene rings is 1. The highest BCUT2D eigenvalue weighted by Crippen LogP contribution is 2.26. The third kappa shape index (κ3) is 3.79. The Hall–Kier alpha value is -2.27. The first-order valence-corrected chi connectivity index (χ1v) is 8.49. The fraction of sp³-hybridized carbons (Fsp3) is 0.421. The van der Waals surface area contributed by atoms with Crippen LogP contribution in [-0.2, 0) is 16.1 Å². The van der Waals surface area contributed by atoms with Gasteiger partial charge in [-0.05, 0) is 38.1 Å². The van der Waals surface area contributed by atoms with Gasteiger partial charge in [-0.3, -0.25) is 4.79 Å². The first-order chi connectivity index (χ1) is 11.6. The molecule has 128 valence electrons. The number of nitrogens with one attached hydrogen (secondary N) is 1. The minimum atomic E-state index is 0.0446. The number of carbonyl (C=O) groups is 1. The van der Waals surface area contributed by atoms with E-state index in [-0.39, 0.29) is 5.91 Å². The molecule has 1 saturated heterocycles. The summed E-state index contributed by atoms with van der Waals surface area (Å²) in [5.74, 6) is 0.0446. The molecule has 1 amide bonds. The molecule has 1 aliphatic heterocycles. The number of nitrogens with zero attached hydrogens (tertiary/aromatic N) is 2. The van der Waals surface area contributed by atoms with Crippen LogP contribution in [-0.4, -0.2) is 36.8 Å². The van der Waals surface area contributed by atoms with Crippen molar-refractivity contribution in [2.24, 2.45) is 0 Å². The van der Waals surface area contributed by atoms with Crippen molar-refractivity contribution < 1.29 is 9.53 Å². The number of morpholine rings is 1. The number of carbonyl (C=O) groups excluding carboxylic acids is 1. The molecule has 0 unspecified atom stereocenters. The molecule has 2 heterocycles. The maximum atomic E-state index is 12.4. The summed E-state index contributed by atoms with van der Waals surface area (Å²) in [7, 11) is 0. The van der Waals surface area contributed by atoms with Gasteiger partial charge in [0.05, 0.1) is 24.6 Å². The number of hydrogen-bond donors (Lipinski definition) is 1. The Labute approximate surface area is 143 Å². The van der Waals surface area contributed by atoms with Gasteiger partial charge in [0.1, 0.15) is 0 Å². The summed E-state index contributed by atoms with van der Waals surface area (Å²) in [6.45, 7) is 8.01. The normalized spacial score (nSPS) is 14.7. The number of ether oxygens (including phenoxy) is 1. The number of aromatic nitrogens is 1. The Morgan fingerprint density at radius 1 is 1.08 bits per heavy atom. The largest absolute Gasteiger partial charge is 0.378 e. The van der Waals surface area contributed by atoms with Gasteiger partial charge in [-0.2, -0.15) is 0 Å². The number of anilines is 2. The number of para-hydroxylation sites is 2. The smallest absolute Gasteiger partial charge is 0.226 e. The lowest BCUT2D eigenvalue weighted by atomic mass is 10.2. The zero-order valence-electron chi connectivity index (χ0n) is 14.4. The molecule has 1 aromatic heterocycles. The monoisotopic (exact) mass is 327 g/mol. The lowest BCUT2D eigenvalue weighted by Gasteiger charge is -2.30. The van der Waals surface area contributed by atoms with Crippen molar-refractivity contribution in [1.29, 1.82) is 0 Å². The topological polar surface area (TPSA) is 46.5 Å². The highest BCUT2D eigenvalue weighted by molar-refractivity contribution is 5.94. The van der Waals surface area contributed by atoms with Gasteiger partial charge in [0.2, 0.25) is 5.91 Å². The second-order valence-corrected chi connectivity index (χ2v) is 6.18. The summed E-state index contributed by atoms with van der Waals surface area (Å²) >= 11 is 0. The van der Waals surface area contributed by atoms with Gasteiger partial charge in [-0.1, -0.05) is 12.1 Å². The van der Waals surface area contributed by atoms with E-state index in [4.69, 9.17) is 4.74 Å².